The molecule has 0 amide bonds. The van der Waals surface area contributed by atoms with E-state index in [0.29, 0.717) is 11.8 Å². The van der Waals surface area contributed by atoms with Gasteiger partial charge in [-0.05, 0) is 56.3 Å². The van der Waals surface area contributed by atoms with Crippen molar-refractivity contribution >= 4 is 5.69 Å². The Kier molecular flexibility index (Phi) is 6.85. The fraction of sp³-hybridized carbons (Fsp3) is 0.625. The molecule has 1 atom stereocenters. The molecule has 0 heterocycles. The highest BCUT2D eigenvalue weighted by molar-refractivity contribution is 5.46. The van der Waals surface area contributed by atoms with E-state index >= 15 is 0 Å². The van der Waals surface area contributed by atoms with Crippen LogP contribution in [0.25, 0.3) is 0 Å². The molecule has 0 aliphatic rings. The molecule has 0 bridgehead atoms. The highest BCUT2D eigenvalue weighted by Crippen LogP contribution is 2.19. The van der Waals surface area contributed by atoms with Crippen molar-refractivity contribution in [2.24, 2.45) is 17.6 Å². The minimum Gasteiger partial charge on any atom is -0.372 e. The number of halogens is 1. The van der Waals surface area contributed by atoms with Crippen LogP contribution < -0.4 is 10.6 Å². The van der Waals surface area contributed by atoms with E-state index in [2.05, 4.69) is 25.7 Å². The van der Waals surface area contributed by atoms with Gasteiger partial charge in [0, 0.05) is 18.8 Å². The molecule has 2 nitrogen and oxygen atoms in total. The fourth-order valence-electron chi connectivity index (χ4n) is 2.48. The quantitative estimate of drug-likeness (QED) is 0.778. The van der Waals surface area contributed by atoms with Crippen LogP contribution in [0, 0.1) is 17.7 Å². The number of hydrogen-bond donors (Lipinski definition) is 1. The maximum Gasteiger partial charge on any atom is 0.125 e. The predicted octanol–water partition coefficient (Wildman–Crippen LogP) is 3.66. The first-order valence-corrected chi connectivity index (χ1v) is 7.27. The average Bonchev–Trinajstić information content (AvgIpc) is 2.37. The summed E-state index contributed by atoms with van der Waals surface area (Å²) in [6.45, 7) is 9.13. The molecule has 0 fully saturated rings. The summed E-state index contributed by atoms with van der Waals surface area (Å²) in [5, 5.41) is 0. The van der Waals surface area contributed by atoms with Crippen molar-refractivity contribution in [3.63, 3.8) is 0 Å². The predicted molar refractivity (Wildman–Crippen MR) is 80.9 cm³/mol. The summed E-state index contributed by atoms with van der Waals surface area (Å²) >= 11 is 0. The number of hydrogen-bond acceptors (Lipinski definition) is 2. The zero-order valence-corrected chi connectivity index (χ0v) is 12.4. The van der Waals surface area contributed by atoms with Crippen LogP contribution in [-0.2, 0) is 0 Å². The van der Waals surface area contributed by atoms with Crippen molar-refractivity contribution < 1.29 is 4.39 Å². The lowest BCUT2D eigenvalue weighted by Gasteiger charge is -2.26. The standard InChI is InChI=1S/C16H27FN2/c1-4-19(16-7-5-6-15(17)11-16)9-8-14(12-18)10-13(2)3/h5-7,11,13-14H,4,8-10,12,18H2,1-3H3. The molecule has 0 aliphatic carbocycles. The van der Waals surface area contributed by atoms with Gasteiger partial charge in [0.15, 0.2) is 0 Å². The first kappa shape index (κ1) is 16.0. The second kappa shape index (κ2) is 8.16. The van der Waals surface area contributed by atoms with E-state index < -0.39 is 0 Å². The monoisotopic (exact) mass is 266 g/mol. The van der Waals surface area contributed by atoms with Gasteiger partial charge in [-0.1, -0.05) is 19.9 Å². The first-order valence-electron chi connectivity index (χ1n) is 7.27. The fourth-order valence-corrected chi connectivity index (χ4v) is 2.48. The molecular formula is C16H27FN2. The van der Waals surface area contributed by atoms with Gasteiger partial charge in [0.1, 0.15) is 5.82 Å². The van der Waals surface area contributed by atoms with E-state index in [9.17, 15) is 4.39 Å². The number of nitrogens with zero attached hydrogens (tertiary/aromatic N) is 1. The Hall–Kier alpha value is -1.09. The average molecular weight is 266 g/mol. The van der Waals surface area contributed by atoms with Crippen LogP contribution in [0.4, 0.5) is 10.1 Å². The summed E-state index contributed by atoms with van der Waals surface area (Å²) in [5.74, 6) is 1.06. The van der Waals surface area contributed by atoms with E-state index in [1.165, 1.54) is 6.07 Å². The van der Waals surface area contributed by atoms with Gasteiger partial charge in [0.2, 0.25) is 0 Å². The molecule has 1 aromatic rings. The molecule has 108 valence electrons. The molecule has 0 saturated carbocycles. The van der Waals surface area contributed by atoms with E-state index in [-0.39, 0.29) is 5.82 Å². The van der Waals surface area contributed by atoms with Gasteiger partial charge in [-0.2, -0.15) is 0 Å². The normalized spacial score (nSPS) is 12.7. The summed E-state index contributed by atoms with van der Waals surface area (Å²) in [5.41, 5.74) is 6.79. The SMILES string of the molecule is CCN(CCC(CN)CC(C)C)c1cccc(F)c1. The molecule has 0 saturated heterocycles. The summed E-state index contributed by atoms with van der Waals surface area (Å²) in [6.07, 6.45) is 2.23. The largest absolute Gasteiger partial charge is 0.372 e. The Morgan fingerprint density at radius 1 is 1.32 bits per heavy atom. The molecular weight excluding hydrogens is 239 g/mol. The van der Waals surface area contributed by atoms with E-state index in [4.69, 9.17) is 5.73 Å². The molecule has 1 rings (SSSR count). The van der Waals surface area contributed by atoms with Gasteiger partial charge in [-0.15, -0.1) is 0 Å². The minimum atomic E-state index is -0.173. The summed E-state index contributed by atoms with van der Waals surface area (Å²) in [7, 11) is 0. The van der Waals surface area contributed by atoms with Gasteiger partial charge in [0.25, 0.3) is 0 Å². The highest BCUT2D eigenvalue weighted by Gasteiger charge is 2.12. The molecule has 0 spiro atoms. The van der Waals surface area contributed by atoms with Crippen LogP contribution in [0.5, 0.6) is 0 Å². The molecule has 0 aliphatic heterocycles. The maximum atomic E-state index is 13.3. The second-order valence-corrected chi connectivity index (χ2v) is 5.58. The van der Waals surface area contributed by atoms with Crippen molar-refractivity contribution in [3.8, 4) is 0 Å². The van der Waals surface area contributed by atoms with Crippen molar-refractivity contribution in [2.75, 3.05) is 24.5 Å². The lowest BCUT2D eigenvalue weighted by Crippen LogP contribution is -2.28. The van der Waals surface area contributed by atoms with E-state index in [1.807, 2.05) is 6.07 Å². The van der Waals surface area contributed by atoms with Crippen molar-refractivity contribution in [2.45, 2.75) is 33.6 Å². The summed E-state index contributed by atoms with van der Waals surface area (Å²) in [6, 6.07) is 6.82. The Labute approximate surface area is 116 Å². The first-order chi connectivity index (χ1) is 9.06. The van der Waals surface area contributed by atoms with Crippen molar-refractivity contribution in [1.82, 2.24) is 0 Å². The molecule has 0 aromatic heterocycles. The van der Waals surface area contributed by atoms with Crippen LogP contribution >= 0.6 is 0 Å². The Morgan fingerprint density at radius 2 is 2.05 bits per heavy atom. The Morgan fingerprint density at radius 3 is 2.58 bits per heavy atom. The molecule has 1 unspecified atom stereocenters. The lowest BCUT2D eigenvalue weighted by molar-refractivity contribution is 0.395. The van der Waals surface area contributed by atoms with Gasteiger partial charge < -0.3 is 10.6 Å². The van der Waals surface area contributed by atoms with Gasteiger partial charge in [0.05, 0.1) is 0 Å². The van der Waals surface area contributed by atoms with Gasteiger partial charge in [-0.3, -0.25) is 0 Å². The number of rotatable bonds is 8. The smallest absolute Gasteiger partial charge is 0.125 e. The van der Waals surface area contributed by atoms with Crippen LogP contribution in [0.2, 0.25) is 0 Å². The van der Waals surface area contributed by atoms with Crippen LogP contribution in [-0.4, -0.2) is 19.6 Å². The molecule has 19 heavy (non-hydrogen) atoms. The third-order valence-corrected chi connectivity index (χ3v) is 3.50. The zero-order valence-electron chi connectivity index (χ0n) is 12.4. The minimum absolute atomic E-state index is 0.173. The molecule has 3 heteroatoms. The molecule has 0 radical (unpaired) electrons. The second-order valence-electron chi connectivity index (χ2n) is 5.58. The van der Waals surface area contributed by atoms with Crippen molar-refractivity contribution in [3.05, 3.63) is 30.1 Å². The zero-order chi connectivity index (χ0) is 14.3. The van der Waals surface area contributed by atoms with Crippen LogP contribution in [0.3, 0.4) is 0 Å². The number of nitrogens with two attached hydrogens (primary N) is 1. The van der Waals surface area contributed by atoms with Crippen LogP contribution in [0.15, 0.2) is 24.3 Å². The lowest BCUT2D eigenvalue weighted by atomic mass is 9.94. The Bertz CT molecular complexity index is 366. The van der Waals surface area contributed by atoms with Gasteiger partial charge >= 0.3 is 0 Å². The maximum absolute atomic E-state index is 13.3. The number of benzene rings is 1. The third-order valence-electron chi connectivity index (χ3n) is 3.50. The van der Waals surface area contributed by atoms with Gasteiger partial charge in [-0.25, -0.2) is 4.39 Å². The molecule has 1 aromatic carbocycles. The van der Waals surface area contributed by atoms with E-state index in [0.717, 1.165) is 38.2 Å². The van der Waals surface area contributed by atoms with Crippen LogP contribution in [0.1, 0.15) is 33.6 Å². The highest BCUT2D eigenvalue weighted by atomic mass is 19.1. The van der Waals surface area contributed by atoms with Crippen molar-refractivity contribution in [1.29, 1.82) is 0 Å². The Balaban J connectivity index is 2.57. The number of anilines is 1. The topological polar surface area (TPSA) is 29.3 Å². The third kappa shape index (κ3) is 5.60. The van der Waals surface area contributed by atoms with E-state index in [1.54, 1.807) is 12.1 Å². The summed E-state index contributed by atoms with van der Waals surface area (Å²) < 4.78 is 13.3. The summed E-state index contributed by atoms with van der Waals surface area (Å²) in [4.78, 5) is 2.21. The molecule has 2 N–H and O–H groups in total.